The van der Waals surface area contributed by atoms with Crippen LogP contribution >= 0.6 is 11.3 Å². The molecule has 0 bridgehead atoms. The molecule has 3 rings (SSSR count). The van der Waals surface area contributed by atoms with Crippen molar-refractivity contribution >= 4 is 11.3 Å². The fourth-order valence-electron chi connectivity index (χ4n) is 2.03. The van der Waals surface area contributed by atoms with E-state index in [1.54, 1.807) is 13.0 Å². The predicted molar refractivity (Wildman–Crippen MR) is 79.3 cm³/mol. The summed E-state index contributed by atoms with van der Waals surface area (Å²) in [6.45, 7) is 2.88. The second-order valence-corrected chi connectivity index (χ2v) is 5.58. The molecule has 0 radical (unpaired) electrons. The number of aromatic nitrogens is 2. The van der Waals surface area contributed by atoms with Crippen LogP contribution in [0.1, 0.15) is 17.3 Å². The number of hydrogen-bond donors (Lipinski definition) is 1. The maximum atomic E-state index is 13.9. The number of rotatable bonds is 5. The first kappa shape index (κ1) is 13.9. The standard InChI is InChI=1S/C15H14FN3OS/c1-10-18-15(20-19-10)9-17-8-11-4-5-13(16)12(7-11)14-3-2-6-21-14/h2-7,17H,8-9H2,1H3. The van der Waals surface area contributed by atoms with Crippen LogP contribution in [-0.4, -0.2) is 10.1 Å². The topological polar surface area (TPSA) is 51.0 Å². The van der Waals surface area contributed by atoms with E-state index >= 15 is 0 Å². The summed E-state index contributed by atoms with van der Waals surface area (Å²) in [5.41, 5.74) is 1.65. The van der Waals surface area contributed by atoms with Gasteiger partial charge in [0.15, 0.2) is 5.82 Å². The molecule has 0 aliphatic heterocycles. The van der Waals surface area contributed by atoms with E-state index in [0.29, 0.717) is 30.4 Å². The number of aryl methyl sites for hydroxylation is 1. The minimum absolute atomic E-state index is 0.200. The van der Waals surface area contributed by atoms with Crippen molar-refractivity contribution < 1.29 is 8.91 Å². The average Bonchev–Trinajstić information content (AvgIpc) is 3.12. The molecule has 1 N–H and O–H groups in total. The van der Waals surface area contributed by atoms with Crippen LogP contribution in [0, 0.1) is 12.7 Å². The normalized spacial score (nSPS) is 11.0. The molecule has 4 nitrogen and oxygen atoms in total. The fraction of sp³-hybridized carbons (Fsp3) is 0.200. The predicted octanol–water partition coefficient (Wildman–Crippen LogP) is 3.54. The number of nitrogens with zero attached hydrogens (tertiary/aromatic N) is 2. The monoisotopic (exact) mass is 303 g/mol. The van der Waals surface area contributed by atoms with Crippen LogP contribution in [0.15, 0.2) is 40.2 Å². The van der Waals surface area contributed by atoms with E-state index in [2.05, 4.69) is 15.5 Å². The smallest absolute Gasteiger partial charge is 0.240 e. The Balaban J connectivity index is 1.67. The molecular formula is C15H14FN3OS. The van der Waals surface area contributed by atoms with Crippen LogP contribution in [-0.2, 0) is 13.1 Å². The molecule has 3 aromatic rings. The van der Waals surface area contributed by atoms with Gasteiger partial charge in [-0.25, -0.2) is 4.39 Å². The van der Waals surface area contributed by atoms with Gasteiger partial charge in [-0.1, -0.05) is 17.3 Å². The third-order valence-electron chi connectivity index (χ3n) is 2.99. The van der Waals surface area contributed by atoms with Gasteiger partial charge in [-0.15, -0.1) is 11.3 Å². The highest BCUT2D eigenvalue weighted by Crippen LogP contribution is 2.28. The van der Waals surface area contributed by atoms with E-state index < -0.39 is 0 Å². The molecule has 0 aliphatic carbocycles. The molecule has 6 heteroatoms. The Morgan fingerprint density at radius 3 is 2.90 bits per heavy atom. The second kappa shape index (κ2) is 6.15. The van der Waals surface area contributed by atoms with Crippen LogP contribution in [0.4, 0.5) is 4.39 Å². The number of nitrogens with one attached hydrogen (secondary N) is 1. The SMILES string of the molecule is Cc1noc(CNCc2ccc(F)c(-c3cccs3)c2)n1. The highest BCUT2D eigenvalue weighted by Gasteiger charge is 2.08. The number of halogens is 1. The molecule has 1 aromatic carbocycles. The largest absolute Gasteiger partial charge is 0.338 e. The van der Waals surface area contributed by atoms with Crippen LogP contribution in [0.2, 0.25) is 0 Å². The van der Waals surface area contributed by atoms with Crippen LogP contribution < -0.4 is 5.32 Å². The van der Waals surface area contributed by atoms with Crippen molar-refractivity contribution in [2.45, 2.75) is 20.0 Å². The minimum atomic E-state index is -0.200. The zero-order valence-corrected chi connectivity index (χ0v) is 12.3. The van der Waals surface area contributed by atoms with E-state index in [1.165, 1.54) is 17.4 Å². The Morgan fingerprint density at radius 2 is 2.19 bits per heavy atom. The van der Waals surface area contributed by atoms with Gasteiger partial charge in [0.2, 0.25) is 5.89 Å². The maximum Gasteiger partial charge on any atom is 0.240 e. The van der Waals surface area contributed by atoms with Crippen LogP contribution in [0.5, 0.6) is 0 Å². The molecule has 0 fully saturated rings. The Bertz CT molecular complexity index is 724. The Kier molecular flexibility index (Phi) is 4.08. The molecule has 0 saturated carbocycles. The highest BCUT2D eigenvalue weighted by molar-refractivity contribution is 7.13. The summed E-state index contributed by atoms with van der Waals surface area (Å²) in [4.78, 5) is 5.05. The molecule has 21 heavy (non-hydrogen) atoms. The van der Waals surface area contributed by atoms with Crippen LogP contribution in [0.3, 0.4) is 0 Å². The minimum Gasteiger partial charge on any atom is -0.338 e. The lowest BCUT2D eigenvalue weighted by molar-refractivity contribution is 0.364. The van der Waals surface area contributed by atoms with Crippen molar-refractivity contribution in [3.05, 3.63) is 58.8 Å². The quantitative estimate of drug-likeness (QED) is 0.783. The Labute approximate surface area is 125 Å². The lowest BCUT2D eigenvalue weighted by Crippen LogP contribution is -2.13. The molecule has 0 amide bonds. The summed E-state index contributed by atoms with van der Waals surface area (Å²) >= 11 is 1.53. The average molecular weight is 303 g/mol. The molecule has 0 spiro atoms. The van der Waals surface area contributed by atoms with E-state index in [9.17, 15) is 4.39 Å². The highest BCUT2D eigenvalue weighted by atomic mass is 32.1. The summed E-state index contributed by atoms with van der Waals surface area (Å²) in [7, 11) is 0. The van der Waals surface area contributed by atoms with Crippen molar-refractivity contribution in [3.8, 4) is 10.4 Å². The molecule has 0 unspecified atom stereocenters. The summed E-state index contributed by atoms with van der Waals surface area (Å²) < 4.78 is 18.9. The van der Waals surface area contributed by atoms with Gasteiger partial charge in [-0.3, -0.25) is 0 Å². The Morgan fingerprint density at radius 1 is 1.29 bits per heavy atom. The summed E-state index contributed by atoms with van der Waals surface area (Å²) in [5, 5.41) is 8.88. The van der Waals surface area contributed by atoms with Gasteiger partial charge >= 0.3 is 0 Å². The first-order chi connectivity index (χ1) is 10.2. The van der Waals surface area contributed by atoms with Crippen molar-refractivity contribution in [1.82, 2.24) is 15.5 Å². The summed E-state index contributed by atoms with van der Waals surface area (Å²) in [5.74, 6) is 0.968. The molecule has 2 aromatic heterocycles. The molecule has 0 atom stereocenters. The number of benzene rings is 1. The van der Waals surface area contributed by atoms with Gasteiger partial charge in [-0.2, -0.15) is 4.98 Å². The van der Waals surface area contributed by atoms with E-state index in [0.717, 1.165) is 10.4 Å². The molecular weight excluding hydrogens is 289 g/mol. The van der Waals surface area contributed by atoms with Gasteiger partial charge in [0, 0.05) is 17.0 Å². The third-order valence-corrected chi connectivity index (χ3v) is 3.90. The van der Waals surface area contributed by atoms with Gasteiger partial charge in [-0.05, 0) is 36.1 Å². The number of thiophene rings is 1. The maximum absolute atomic E-state index is 13.9. The first-order valence-electron chi connectivity index (χ1n) is 6.54. The lowest BCUT2D eigenvalue weighted by atomic mass is 10.1. The van der Waals surface area contributed by atoms with Crippen LogP contribution in [0.25, 0.3) is 10.4 Å². The number of hydrogen-bond acceptors (Lipinski definition) is 5. The fourth-order valence-corrected chi connectivity index (χ4v) is 2.77. The third kappa shape index (κ3) is 3.34. The molecule has 108 valence electrons. The molecule has 0 saturated heterocycles. The van der Waals surface area contributed by atoms with Gasteiger partial charge in [0.05, 0.1) is 6.54 Å². The zero-order chi connectivity index (χ0) is 14.7. The van der Waals surface area contributed by atoms with Crippen molar-refractivity contribution in [2.75, 3.05) is 0 Å². The van der Waals surface area contributed by atoms with E-state index in [4.69, 9.17) is 4.52 Å². The second-order valence-electron chi connectivity index (χ2n) is 4.63. The van der Waals surface area contributed by atoms with Crippen molar-refractivity contribution in [2.24, 2.45) is 0 Å². The molecule has 0 aliphatic rings. The zero-order valence-electron chi connectivity index (χ0n) is 11.5. The Hall–Kier alpha value is -2.05. The van der Waals surface area contributed by atoms with Crippen molar-refractivity contribution in [3.63, 3.8) is 0 Å². The molecule has 2 heterocycles. The lowest BCUT2D eigenvalue weighted by Gasteiger charge is -2.06. The van der Waals surface area contributed by atoms with Gasteiger partial charge < -0.3 is 9.84 Å². The summed E-state index contributed by atoms with van der Waals surface area (Å²) in [6, 6.07) is 8.98. The summed E-state index contributed by atoms with van der Waals surface area (Å²) in [6.07, 6.45) is 0. The van der Waals surface area contributed by atoms with E-state index in [-0.39, 0.29) is 5.82 Å². The van der Waals surface area contributed by atoms with Crippen molar-refractivity contribution in [1.29, 1.82) is 0 Å². The van der Waals surface area contributed by atoms with E-state index in [1.807, 2.05) is 23.6 Å². The van der Waals surface area contributed by atoms with Gasteiger partial charge in [0.1, 0.15) is 5.82 Å². The first-order valence-corrected chi connectivity index (χ1v) is 7.42. The van der Waals surface area contributed by atoms with Gasteiger partial charge in [0.25, 0.3) is 0 Å².